The van der Waals surface area contributed by atoms with Crippen LogP contribution in [0.5, 0.6) is 0 Å². The van der Waals surface area contributed by atoms with Crippen LogP contribution in [0.15, 0.2) is 206 Å². The molecule has 2 atom stereocenters. The molecule has 0 amide bonds. The standard InChI is InChI=1S/C56H45N/c1-38-13-7-10-18-49(38)53-36-47(31-33-50(53)43-24-21-42(22-25-43)45-26-23-40-16-8-9-17-44(40)35-45)57(46-29-27-41(28-30-46)39-14-5-4-6-15-39)48-32-34-52-51-19-11-12-20-54(51)56(2,3)55(52)37-48/h4-38,49H,1-3H3. The van der Waals surface area contributed by atoms with Crippen LogP contribution in [-0.2, 0) is 5.41 Å². The largest absolute Gasteiger partial charge is 0.310 e. The minimum absolute atomic E-state index is 0.104. The van der Waals surface area contributed by atoms with Gasteiger partial charge in [0.15, 0.2) is 0 Å². The summed E-state index contributed by atoms with van der Waals surface area (Å²) in [6.45, 7) is 7.07. The van der Waals surface area contributed by atoms with Gasteiger partial charge in [-0.15, -0.1) is 0 Å². The molecule has 0 saturated heterocycles. The Bertz CT molecular complexity index is 2820. The molecule has 8 aromatic carbocycles. The summed E-state index contributed by atoms with van der Waals surface area (Å²) in [5.74, 6) is 0.597. The summed E-state index contributed by atoms with van der Waals surface area (Å²) in [7, 11) is 0. The van der Waals surface area contributed by atoms with Gasteiger partial charge in [-0.05, 0) is 120 Å². The van der Waals surface area contributed by atoms with Crippen molar-refractivity contribution in [3.63, 3.8) is 0 Å². The van der Waals surface area contributed by atoms with E-state index in [-0.39, 0.29) is 11.3 Å². The average Bonchev–Trinajstić information content (AvgIpc) is 3.49. The zero-order chi connectivity index (χ0) is 38.5. The average molecular weight is 732 g/mol. The predicted molar refractivity (Wildman–Crippen MR) is 243 cm³/mol. The highest BCUT2D eigenvalue weighted by atomic mass is 15.1. The van der Waals surface area contributed by atoms with Crippen LogP contribution in [0.2, 0.25) is 0 Å². The maximum atomic E-state index is 2.46. The Balaban J connectivity index is 1.10. The number of hydrogen-bond donors (Lipinski definition) is 0. The second-order valence-electron chi connectivity index (χ2n) is 16.2. The van der Waals surface area contributed by atoms with Gasteiger partial charge >= 0.3 is 0 Å². The lowest BCUT2D eigenvalue weighted by Crippen LogP contribution is -2.17. The molecular formula is C56H45N. The zero-order valence-electron chi connectivity index (χ0n) is 32.7. The number of allylic oxidation sites excluding steroid dienone is 4. The molecule has 2 aliphatic rings. The van der Waals surface area contributed by atoms with Crippen molar-refractivity contribution in [1.29, 1.82) is 0 Å². The van der Waals surface area contributed by atoms with Crippen molar-refractivity contribution in [1.82, 2.24) is 0 Å². The maximum Gasteiger partial charge on any atom is 0.0465 e. The van der Waals surface area contributed by atoms with Gasteiger partial charge in [-0.3, -0.25) is 0 Å². The third-order valence-electron chi connectivity index (χ3n) is 12.4. The molecule has 8 aromatic rings. The Morgan fingerprint density at radius 3 is 1.75 bits per heavy atom. The van der Waals surface area contributed by atoms with E-state index in [0.29, 0.717) is 5.92 Å². The van der Waals surface area contributed by atoms with Gasteiger partial charge in [0, 0.05) is 28.4 Å². The minimum Gasteiger partial charge on any atom is -0.310 e. The first-order valence-electron chi connectivity index (χ1n) is 20.2. The summed E-state index contributed by atoms with van der Waals surface area (Å²) in [5, 5.41) is 2.53. The molecule has 57 heavy (non-hydrogen) atoms. The molecule has 0 fully saturated rings. The topological polar surface area (TPSA) is 3.24 Å². The van der Waals surface area contributed by atoms with E-state index in [1.54, 1.807) is 0 Å². The van der Waals surface area contributed by atoms with Gasteiger partial charge in [-0.1, -0.05) is 185 Å². The third kappa shape index (κ3) is 6.21. The van der Waals surface area contributed by atoms with Gasteiger partial charge in [0.1, 0.15) is 0 Å². The number of rotatable bonds is 7. The molecule has 0 aliphatic heterocycles. The Morgan fingerprint density at radius 1 is 0.404 bits per heavy atom. The van der Waals surface area contributed by atoms with E-state index < -0.39 is 0 Å². The van der Waals surface area contributed by atoms with Gasteiger partial charge in [-0.2, -0.15) is 0 Å². The molecule has 0 spiro atoms. The Labute approximate surface area is 336 Å². The second-order valence-corrected chi connectivity index (χ2v) is 16.2. The Morgan fingerprint density at radius 2 is 0.965 bits per heavy atom. The summed E-state index contributed by atoms with van der Waals surface area (Å²) in [6, 6.07) is 67.3. The molecule has 0 bridgehead atoms. The fraction of sp³-hybridized carbons (Fsp3) is 0.107. The number of benzene rings is 8. The van der Waals surface area contributed by atoms with Gasteiger partial charge in [0.05, 0.1) is 0 Å². The quantitative estimate of drug-likeness (QED) is 0.158. The molecule has 0 radical (unpaired) electrons. The molecule has 1 nitrogen and oxygen atoms in total. The maximum absolute atomic E-state index is 2.46. The first-order valence-corrected chi connectivity index (χ1v) is 20.2. The molecule has 2 unspecified atom stereocenters. The van der Waals surface area contributed by atoms with Gasteiger partial charge in [-0.25, -0.2) is 0 Å². The Kier molecular flexibility index (Phi) is 8.60. The molecule has 274 valence electrons. The van der Waals surface area contributed by atoms with E-state index in [2.05, 4.69) is 232 Å². The summed E-state index contributed by atoms with van der Waals surface area (Å²) in [6.07, 6.45) is 9.12. The highest BCUT2D eigenvalue weighted by molar-refractivity contribution is 5.89. The monoisotopic (exact) mass is 731 g/mol. The fourth-order valence-electron chi connectivity index (χ4n) is 9.26. The van der Waals surface area contributed by atoms with Crippen molar-refractivity contribution >= 4 is 27.8 Å². The van der Waals surface area contributed by atoms with E-state index in [9.17, 15) is 0 Å². The van der Waals surface area contributed by atoms with Crippen molar-refractivity contribution in [2.45, 2.75) is 32.1 Å². The van der Waals surface area contributed by atoms with Gasteiger partial charge in [0.2, 0.25) is 0 Å². The van der Waals surface area contributed by atoms with Crippen LogP contribution in [0, 0.1) is 5.92 Å². The highest BCUT2D eigenvalue weighted by Gasteiger charge is 2.36. The third-order valence-corrected chi connectivity index (χ3v) is 12.4. The van der Waals surface area contributed by atoms with E-state index in [1.807, 2.05) is 0 Å². The van der Waals surface area contributed by atoms with Crippen molar-refractivity contribution in [3.05, 3.63) is 223 Å². The highest BCUT2D eigenvalue weighted by Crippen LogP contribution is 2.51. The van der Waals surface area contributed by atoms with Crippen LogP contribution in [0.1, 0.15) is 43.4 Å². The molecule has 10 rings (SSSR count). The normalized spacial score (nSPS) is 16.3. The Hall–Kier alpha value is -6.70. The van der Waals surface area contributed by atoms with Crippen LogP contribution in [0.4, 0.5) is 17.1 Å². The molecule has 0 aromatic heterocycles. The SMILES string of the molecule is CC1C=CC=CC1c1cc(N(c2ccc(-c3ccccc3)cc2)c2ccc3c(c2)C(C)(C)c2ccccc2-3)ccc1-c1ccc(-c2ccc3ccccc3c2)cc1. The summed E-state index contributed by atoms with van der Waals surface area (Å²) < 4.78 is 0. The smallest absolute Gasteiger partial charge is 0.0465 e. The molecule has 2 aliphatic carbocycles. The molecule has 0 heterocycles. The van der Waals surface area contributed by atoms with Crippen LogP contribution in [-0.4, -0.2) is 0 Å². The number of anilines is 3. The van der Waals surface area contributed by atoms with E-state index in [4.69, 9.17) is 0 Å². The zero-order valence-corrected chi connectivity index (χ0v) is 32.7. The van der Waals surface area contributed by atoms with Crippen LogP contribution < -0.4 is 4.90 Å². The lowest BCUT2D eigenvalue weighted by Gasteiger charge is -2.30. The molecular weight excluding hydrogens is 687 g/mol. The minimum atomic E-state index is -0.104. The van der Waals surface area contributed by atoms with E-state index in [1.165, 1.54) is 72.0 Å². The second kappa shape index (κ2) is 14.1. The molecule has 0 N–H and O–H groups in total. The van der Waals surface area contributed by atoms with E-state index in [0.717, 1.165) is 17.1 Å². The fourth-order valence-corrected chi connectivity index (χ4v) is 9.26. The van der Waals surface area contributed by atoms with Crippen molar-refractivity contribution in [2.75, 3.05) is 4.90 Å². The first-order chi connectivity index (χ1) is 27.9. The lowest BCUT2D eigenvalue weighted by atomic mass is 9.80. The lowest BCUT2D eigenvalue weighted by molar-refractivity contribution is 0.636. The van der Waals surface area contributed by atoms with Crippen LogP contribution >= 0.6 is 0 Å². The number of nitrogens with zero attached hydrogens (tertiary/aromatic N) is 1. The number of fused-ring (bicyclic) bond motifs is 4. The van der Waals surface area contributed by atoms with Gasteiger partial charge in [0.25, 0.3) is 0 Å². The van der Waals surface area contributed by atoms with Crippen LogP contribution in [0.25, 0.3) is 55.3 Å². The van der Waals surface area contributed by atoms with Crippen molar-refractivity contribution < 1.29 is 0 Å². The van der Waals surface area contributed by atoms with Gasteiger partial charge < -0.3 is 4.90 Å². The summed E-state index contributed by atoms with van der Waals surface area (Å²) in [4.78, 5) is 2.46. The summed E-state index contributed by atoms with van der Waals surface area (Å²) in [5.41, 5.74) is 17.5. The van der Waals surface area contributed by atoms with Crippen molar-refractivity contribution in [3.8, 4) is 44.5 Å². The number of hydrogen-bond acceptors (Lipinski definition) is 1. The van der Waals surface area contributed by atoms with Crippen molar-refractivity contribution in [2.24, 2.45) is 5.92 Å². The van der Waals surface area contributed by atoms with E-state index >= 15 is 0 Å². The first kappa shape index (κ1) is 34.8. The molecule has 1 heteroatoms. The molecule has 0 saturated carbocycles. The summed E-state index contributed by atoms with van der Waals surface area (Å²) >= 11 is 0. The van der Waals surface area contributed by atoms with Crippen LogP contribution in [0.3, 0.4) is 0 Å². The predicted octanol–water partition coefficient (Wildman–Crippen LogP) is 15.5.